The van der Waals surface area contributed by atoms with Crippen LogP contribution in [-0.4, -0.2) is 75.1 Å². The maximum Gasteiger partial charge on any atom is 0.409 e. The number of nitrogens with two attached hydrogens (primary N) is 1. The van der Waals surface area contributed by atoms with E-state index in [1.54, 1.807) is 17.9 Å². The van der Waals surface area contributed by atoms with E-state index in [4.69, 9.17) is 24.7 Å². The number of hydrogen-bond acceptors (Lipinski definition) is 9. The van der Waals surface area contributed by atoms with E-state index in [9.17, 15) is 4.79 Å². The van der Waals surface area contributed by atoms with Gasteiger partial charge in [0.1, 0.15) is 11.3 Å². The number of fused-ring (bicyclic) bond motifs is 1. The molecule has 28 heavy (non-hydrogen) atoms. The Morgan fingerprint density at radius 3 is 2.32 bits per heavy atom. The highest BCUT2D eigenvalue weighted by Gasteiger charge is 2.26. The zero-order valence-electron chi connectivity index (χ0n) is 16.5. The van der Waals surface area contributed by atoms with Crippen molar-refractivity contribution >= 4 is 28.8 Å². The lowest BCUT2D eigenvalue weighted by Crippen LogP contribution is -2.49. The van der Waals surface area contributed by atoms with Crippen LogP contribution in [0.5, 0.6) is 17.2 Å². The molecule has 10 heteroatoms. The summed E-state index contributed by atoms with van der Waals surface area (Å²) < 4.78 is 21.4. The molecule has 0 saturated carbocycles. The van der Waals surface area contributed by atoms with Gasteiger partial charge in [-0.1, -0.05) is 0 Å². The predicted octanol–water partition coefficient (Wildman–Crippen LogP) is 1.52. The summed E-state index contributed by atoms with van der Waals surface area (Å²) in [5, 5.41) is 0.614. The van der Waals surface area contributed by atoms with Gasteiger partial charge in [0.25, 0.3) is 0 Å². The first kappa shape index (κ1) is 19.6. The van der Waals surface area contributed by atoms with E-state index >= 15 is 0 Å². The van der Waals surface area contributed by atoms with Crippen molar-refractivity contribution < 1.29 is 23.7 Å². The number of aromatic nitrogens is 2. The SMILES string of the molecule is CCOC(=O)N1CCN(c2nc(N)c3cc(OC)c(OC)c(OC)c3n2)CC1. The highest BCUT2D eigenvalue weighted by Crippen LogP contribution is 2.44. The fourth-order valence-electron chi connectivity index (χ4n) is 3.19. The number of ether oxygens (including phenoxy) is 4. The van der Waals surface area contributed by atoms with Gasteiger partial charge < -0.3 is 34.5 Å². The molecule has 0 radical (unpaired) electrons. The van der Waals surface area contributed by atoms with Gasteiger partial charge in [0, 0.05) is 26.2 Å². The number of carbonyl (C=O) groups excluding carboxylic acids is 1. The van der Waals surface area contributed by atoms with Crippen molar-refractivity contribution in [3.63, 3.8) is 0 Å². The highest BCUT2D eigenvalue weighted by atomic mass is 16.6. The minimum Gasteiger partial charge on any atom is -0.493 e. The van der Waals surface area contributed by atoms with Crippen LogP contribution < -0.4 is 24.8 Å². The van der Waals surface area contributed by atoms with Crippen molar-refractivity contribution in [2.45, 2.75) is 6.92 Å². The summed E-state index contributed by atoms with van der Waals surface area (Å²) in [6.07, 6.45) is -0.306. The molecule has 10 nitrogen and oxygen atoms in total. The molecule has 1 aromatic heterocycles. The van der Waals surface area contributed by atoms with E-state index in [2.05, 4.69) is 9.97 Å². The van der Waals surface area contributed by atoms with Crippen molar-refractivity contribution in [3.8, 4) is 17.2 Å². The lowest BCUT2D eigenvalue weighted by Gasteiger charge is -2.34. The van der Waals surface area contributed by atoms with Crippen LogP contribution in [0.4, 0.5) is 16.6 Å². The number of rotatable bonds is 5. The molecule has 3 rings (SSSR count). The summed E-state index contributed by atoms with van der Waals surface area (Å²) in [5.41, 5.74) is 6.74. The van der Waals surface area contributed by atoms with E-state index in [-0.39, 0.29) is 6.09 Å². The van der Waals surface area contributed by atoms with Gasteiger partial charge in [-0.25, -0.2) is 9.78 Å². The molecule has 1 saturated heterocycles. The average molecular weight is 391 g/mol. The second kappa shape index (κ2) is 8.24. The average Bonchev–Trinajstić information content (AvgIpc) is 2.72. The Hall–Kier alpha value is -3.17. The number of benzene rings is 1. The molecule has 2 aromatic rings. The van der Waals surface area contributed by atoms with Gasteiger partial charge in [0.15, 0.2) is 11.5 Å². The normalized spacial score (nSPS) is 14.1. The first-order valence-corrected chi connectivity index (χ1v) is 8.96. The van der Waals surface area contributed by atoms with Crippen LogP contribution in [0.15, 0.2) is 6.07 Å². The molecule has 2 N–H and O–H groups in total. The van der Waals surface area contributed by atoms with Gasteiger partial charge in [-0.05, 0) is 13.0 Å². The third-order valence-corrected chi connectivity index (χ3v) is 4.60. The zero-order valence-corrected chi connectivity index (χ0v) is 16.5. The van der Waals surface area contributed by atoms with Crippen LogP contribution in [-0.2, 0) is 4.74 Å². The standard InChI is InChI=1S/C18H25N5O5/c1-5-28-18(24)23-8-6-22(7-9-23)17-20-13-11(16(19)21-17)10-12(25-2)14(26-3)15(13)27-4/h10H,5-9H2,1-4H3,(H2,19,20,21). The van der Waals surface area contributed by atoms with Crippen LogP contribution in [0.2, 0.25) is 0 Å². The molecule has 0 unspecified atom stereocenters. The quantitative estimate of drug-likeness (QED) is 0.810. The summed E-state index contributed by atoms with van der Waals surface area (Å²) in [5.74, 6) is 2.13. The third-order valence-electron chi connectivity index (χ3n) is 4.60. The number of nitrogen functional groups attached to an aromatic ring is 1. The summed E-state index contributed by atoms with van der Waals surface area (Å²) >= 11 is 0. The molecule has 1 fully saturated rings. The second-order valence-corrected chi connectivity index (χ2v) is 6.12. The Labute approximate surface area is 163 Å². The third kappa shape index (κ3) is 3.49. The number of methoxy groups -OCH3 is 3. The van der Waals surface area contributed by atoms with Gasteiger partial charge in [0.05, 0.1) is 33.3 Å². The summed E-state index contributed by atoms with van der Waals surface area (Å²) in [6, 6.07) is 1.73. The summed E-state index contributed by atoms with van der Waals surface area (Å²) in [6.45, 7) is 4.32. The van der Waals surface area contributed by atoms with Gasteiger partial charge in [-0.3, -0.25) is 0 Å². The zero-order chi connectivity index (χ0) is 20.3. The Morgan fingerprint density at radius 2 is 1.75 bits per heavy atom. The molecule has 0 bridgehead atoms. The van der Waals surface area contributed by atoms with E-state index in [0.29, 0.717) is 72.7 Å². The van der Waals surface area contributed by atoms with Gasteiger partial charge in [-0.15, -0.1) is 0 Å². The molecule has 1 aromatic carbocycles. The molecule has 1 aliphatic heterocycles. The molecule has 0 spiro atoms. The van der Waals surface area contributed by atoms with Crippen LogP contribution in [0.25, 0.3) is 10.9 Å². The van der Waals surface area contributed by atoms with Gasteiger partial charge in [0.2, 0.25) is 11.7 Å². The molecule has 0 atom stereocenters. The lowest BCUT2D eigenvalue weighted by atomic mass is 10.2. The molecule has 2 heterocycles. The summed E-state index contributed by atoms with van der Waals surface area (Å²) in [7, 11) is 4.61. The minimum absolute atomic E-state index is 0.306. The van der Waals surface area contributed by atoms with Gasteiger partial charge in [-0.2, -0.15) is 4.98 Å². The Kier molecular flexibility index (Phi) is 5.76. The van der Waals surface area contributed by atoms with Crippen molar-refractivity contribution in [1.82, 2.24) is 14.9 Å². The van der Waals surface area contributed by atoms with Crippen LogP contribution >= 0.6 is 0 Å². The van der Waals surface area contributed by atoms with Crippen molar-refractivity contribution in [3.05, 3.63) is 6.07 Å². The molecule has 1 aliphatic rings. The minimum atomic E-state index is -0.306. The molecule has 1 amide bonds. The first-order valence-electron chi connectivity index (χ1n) is 8.96. The fourth-order valence-corrected chi connectivity index (χ4v) is 3.19. The van der Waals surface area contributed by atoms with Crippen molar-refractivity contribution in [1.29, 1.82) is 0 Å². The maximum atomic E-state index is 11.9. The van der Waals surface area contributed by atoms with Crippen LogP contribution in [0, 0.1) is 0 Å². The Balaban J connectivity index is 1.95. The number of amides is 1. The molecule has 152 valence electrons. The van der Waals surface area contributed by atoms with Crippen LogP contribution in [0.3, 0.4) is 0 Å². The first-order chi connectivity index (χ1) is 13.5. The largest absolute Gasteiger partial charge is 0.493 e. The Morgan fingerprint density at radius 1 is 1.07 bits per heavy atom. The number of carbonyl (C=O) groups is 1. The predicted molar refractivity (Wildman–Crippen MR) is 104 cm³/mol. The second-order valence-electron chi connectivity index (χ2n) is 6.12. The number of anilines is 2. The van der Waals surface area contributed by atoms with Crippen molar-refractivity contribution in [2.24, 2.45) is 0 Å². The fraction of sp³-hybridized carbons (Fsp3) is 0.500. The topological polar surface area (TPSA) is 112 Å². The lowest BCUT2D eigenvalue weighted by molar-refractivity contribution is 0.105. The van der Waals surface area contributed by atoms with E-state index in [1.807, 2.05) is 4.90 Å². The van der Waals surface area contributed by atoms with Gasteiger partial charge >= 0.3 is 6.09 Å². The van der Waals surface area contributed by atoms with E-state index < -0.39 is 0 Å². The van der Waals surface area contributed by atoms with Crippen LogP contribution in [0.1, 0.15) is 6.92 Å². The highest BCUT2D eigenvalue weighted by molar-refractivity contribution is 5.97. The Bertz CT molecular complexity index is 867. The number of piperazine rings is 1. The van der Waals surface area contributed by atoms with Crippen molar-refractivity contribution in [2.75, 3.05) is 64.7 Å². The number of nitrogens with zero attached hydrogens (tertiary/aromatic N) is 4. The van der Waals surface area contributed by atoms with E-state index in [0.717, 1.165) is 0 Å². The maximum absolute atomic E-state index is 11.9. The van der Waals surface area contributed by atoms with E-state index in [1.165, 1.54) is 21.3 Å². The number of hydrogen-bond donors (Lipinski definition) is 1. The molecule has 0 aliphatic carbocycles. The molecular formula is C18H25N5O5. The summed E-state index contributed by atoms with van der Waals surface area (Å²) in [4.78, 5) is 24.6. The smallest absolute Gasteiger partial charge is 0.409 e. The monoisotopic (exact) mass is 391 g/mol. The molecular weight excluding hydrogens is 366 g/mol.